The summed E-state index contributed by atoms with van der Waals surface area (Å²) < 4.78 is 25.2. The molecule has 1 aromatic carbocycles. The number of aromatic nitrogens is 1. The first-order chi connectivity index (χ1) is 11.5. The molecule has 25 heavy (non-hydrogen) atoms. The summed E-state index contributed by atoms with van der Waals surface area (Å²) in [5.74, 6) is -0.114. The molecule has 3 rings (SSSR count). The van der Waals surface area contributed by atoms with Crippen molar-refractivity contribution in [2.75, 3.05) is 28.5 Å². The smallest absolute Gasteiger partial charge is 0.275 e. The van der Waals surface area contributed by atoms with Gasteiger partial charge in [0.25, 0.3) is 5.91 Å². The zero-order valence-electron chi connectivity index (χ0n) is 13.3. The standard InChI is InChI=1S/C15H18N4O3S2.ClH/c16-7-6-14-18-13(10-23-14)15(20)17-11-2-4-12(5-3-11)19-8-1-9-24(19,21)22;/h2-5,10H,1,6-9,16H2,(H,17,20);1H. The zero-order valence-corrected chi connectivity index (χ0v) is 15.8. The summed E-state index contributed by atoms with van der Waals surface area (Å²) in [5, 5.41) is 5.29. The van der Waals surface area contributed by atoms with E-state index in [4.69, 9.17) is 5.73 Å². The maximum absolute atomic E-state index is 12.2. The van der Waals surface area contributed by atoms with Crippen LogP contribution in [0.4, 0.5) is 11.4 Å². The summed E-state index contributed by atoms with van der Waals surface area (Å²) >= 11 is 1.41. The van der Waals surface area contributed by atoms with Crippen molar-refractivity contribution in [1.82, 2.24) is 4.98 Å². The van der Waals surface area contributed by atoms with Crippen LogP contribution in [0.1, 0.15) is 21.9 Å². The lowest BCUT2D eigenvalue weighted by Gasteiger charge is -2.17. The van der Waals surface area contributed by atoms with Gasteiger partial charge in [-0.05, 0) is 37.2 Å². The first-order valence-corrected chi connectivity index (χ1v) is 10.0. The van der Waals surface area contributed by atoms with Crippen molar-refractivity contribution in [3.63, 3.8) is 0 Å². The number of nitrogens with zero attached hydrogens (tertiary/aromatic N) is 2. The van der Waals surface area contributed by atoms with Crippen molar-refractivity contribution in [3.05, 3.63) is 40.3 Å². The van der Waals surface area contributed by atoms with Crippen LogP contribution in [0.15, 0.2) is 29.6 Å². The van der Waals surface area contributed by atoms with Gasteiger partial charge in [0.2, 0.25) is 10.0 Å². The second-order valence-corrected chi connectivity index (χ2v) is 8.36. The van der Waals surface area contributed by atoms with Crippen molar-refractivity contribution in [3.8, 4) is 0 Å². The quantitative estimate of drug-likeness (QED) is 0.794. The van der Waals surface area contributed by atoms with E-state index in [-0.39, 0.29) is 24.1 Å². The highest BCUT2D eigenvalue weighted by Gasteiger charge is 2.28. The first-order valence-electron chi connectivity index (χ1n) is 7.56. The highest BCUT2D eigenvalue weighted by molar-refractivity contribution is 7.93. The van der Waals surface area contributed by atoms with E-state index in [0.29, 0.717) is 43.0 Å². The largest absolute Gasteiger partial charge is 0.330 e. The average Bonchev–Trinajstić information content (AvgIpc) is 3.15. The van der Waals surface area contributed by atoms with Gasteiger partial charge in [0, 0.05) is 24.0 Å². The van der Waals surface area contributed by atoms with Gasteiger partial charge < -0.3 is 11.1 Å². The summed E-state index contributed by atoms with van der Waals surface area (Å²) in [6, 6.07) is 6.77. The summed E-state index contributed by atoms with van der Waals surface area (Å²) in [5.41, 5.74) is 7.04. The van der Waals surface area contributed by atoms with Crippen LogP contribution in [0.5, 0.6) is 0 Å². The minimum absolute atomic E-state index is 0. The number of nitrogens with two attached hydrogens (primary N) is 1. The Kier molecular flexibility index (Phi) is 6.39. The number of thiazole rings is 1. The van der Waals surface area contributed by atoms with Crippen LogP contribution in [0.25, 0.3) is 0 Å². The molecule has 2 heterocycles. The van der Waals surface area contributed by atoms with Crippen molar-refractivity contribution in [2.45, 2.75) is 12.8 Å². The van der Waals surface area contributed by atoms with E-state index in [1.807, 2.05) is 0 Å². The number of hydrogen-bond donors (Lipinski definition) is 2. The molecule has 3 N–H and O–H groups in total. The van der Waals surface area contributed by atoms with Gasteiger partial charge in [0.1, 0.15) is 5.69 Å². The normalized spacial score (nSPS) is 15.6. The van der Waals surface area contributed by atoms with Gasteiger partial charge in [-0.1, -0.05) is 0 Å². The Labute approximate surface area is 156 Å². The van der Waals surface area contributed by atoms with E-state index in [2.05, 4.69) is 10.3 Å². The maximum Gasteiger partial charge on any atom is 0.275 e. The summed E-state index contributed by atoms with van der Waals surface area (Å²) in [7, 11) is -3.19. The number of halogens is 1. The van der Waals surface area contributed by atoms with Crippen LogP contribution in [-0.2, 0) is 16.4 Å². The van der Waals surface area contributed by atoms with Gasteiger partial charge in [-0.15, -0.1) is 23.7 Å². The third-order valence-electron chi connectivity index (χ3n) is 3.66. The number of carbonyl (C=O) groups is 1. The van der Waals surface area contributed by atoms with Gasteiger partial charge in [0.05, 0.1) is 16.4 Å². The summed E-state index contributed by atoms with van der Waals surface area (Å²) in [6.45, 7) is 0.992. The molecule has 0 atom stereocenters. The lowest BCUT2D eigenvalue weighted by molar-refractivity contribution is 0.102. The molecular formula is C15H19ClN4O3S2. The van der Waals surface area contributed by atoms with Crippen LogP contribution in [0.2, 0.25) is 0 Å². The number of carbonyl (C=O) groups excluding carboxylic acids is 1. The Balaban J connectivity index is 0.00000225. The summed E-state index contributed by atoms with van der Waals surface area (Å²) in [4.78, 5) is 16.4. The Morgan fingerprint density at radius 1 is 1.32 bits per heavy atom. The van der Waals surface area contributed by atoms with E-state index in [1.165, 1.54) is 15.6 Å². The fourth-order valence-electron chi connectivity index (χ4n) is 2.49. The number of amides is 1. The van der Waals surface area contributed by atoms with Crippen molar-refractivity contribution in [2.24, 2.45) is 5.73 Å². The van der Waals surface area contributed by atoms with Crippen LogP contribution >= 0.6 is 23.7 Å². The molecule has 1 amide bonds. The van der Waals surface area contributed by atoms with Crippen LogP contribution in [0.3, 0.4) is 0 Å². The number of sulfonamides is 1. The fourth-order valence-corrected chi connectivity index (χ4v) is 4.85. The average molecular weight is 403 g/mol. The van der Waals surface area contributed by atoms with Crippen molar-refractivity contribution >= 4 is 51.0 Å². The lowest BCUT2D eigenvalue weighted by atomic mass is 10.2. The zero-order chi connectivity index (χ0) is 17.2. The van der Waals surface area contributed by atoms with Crippen molar-refractivity contribution < 1.29 is 13.2 Å². The Bertz CT molecular complexity index is 837. The second kappa shape index (κ2) is 8.13. The summed E-state index contributed by atoms with van der Waals surface area (Å²) in [6.07, 6.45) is 1.28. The number of anilines is 2. The molecule has 7 nitrogen and oxygen atoms in total. The monoisotopic (exact) mass is 402 g/mol. The minimum atomic E-state index is -3.19. The minimum Gasteiger partial charge on any atom is -0.330 e. The third kappa shape index (κ3) is 4.49. The van der Waals surface area contributed by atoms with Crippen LogP contribution in [-0.4, -0.2) is 38.2 Å². The Hall–Kier alpha value is -1.68. The Morgan fingerprint density at radius 3 is 2.64 bits per heavy atom. The third-order valence-corrected chi connectivity index (χ3v) is 6.43. The molecule has 0 spiro atoms. The molecule has 10 heteroatoms. The van der Waals surface area contributed by atoms with Gasteiger partial charge in [-0.2, -0.15) is 0 Å². The molecule has 0 radical (unpaired) electrons. The van der Waals surface area contributed by atoms with Gasteiger partial charge in [0.15, 0.2) is 0 Å². The van der Waals surface area contributed by atoms with Crippen LogP contribution in [0, 0.1) is 0 Å². The molecule has 136 valence electrons. The van der Waals surface area contributed by atoms with E-state index >= 15 is 0 Å². The number of hydrogen-bond acceptors (Lipinski definition) is 6. The van der Waals surface area contributed by atoms with E-state index in [9.17, 15) is 13.2 Å². The SMILES string of the molecule is Cl.NCCc1nc(C(=O)Nc2ccc(N3CCCS3(=O)=O)cc2)cs1. The van der Waals surface area contributed by atoms with E-state index in [1.54, 1.807) is 29.6 Å². The van der Waals surface area contributed by atoms with Gasteiger partial charge >= 0.3 is 0 Å². The predicted octanol–water partition coefficient (Wildman–Crippen LogP) is 1.86. The molecule has 0 saturated carbocycles. The predicted molar refractivity (Wildman–Crippen MR) is 102 cm³/mol. The number of rotatable bonds is 5. The van der Waals surface area contributed by atoms with Gasteiger partial charge in [-0.3, -0.25) is 9.10 Å². The molecule has 1 saturated heterocycles. The van der Waals surface area contributed by atoms with E-state index < -0.39 is 10.0 Å². The number of nitrogens with one attached hydrogen (secondary N) is 1. The molecule has 1 aromatic heterocycles. The molecule has 1 aliphatic heterocycles. The second-order valence-electron chi connectivity index (χ2n) is 5.41. The van der Waals surface area contributed by atoms with Crippen molar-refractivity contribution in [1.29, 1.82) is 0 Å². The topological polar surface area (TPSA) is 105 Å². The molecule has 0 aliphatic carbocycles. The fraction of sp³-hybridized carbons (Fsp3) is 0.333. The maximum atomic E-state index is 12.2. The molecule has 0 bridgehead atoms. The molecule has 1 aliphatic rings. The van der Waals surface area contributed by atoms with E-state index in [0.717, 1.165) is 5.01 Å². The highest BCUT2D eigenvalue weighted by atomic mass is 35.5. The Morgan fingerprint density at radius 2 is 2.04 bits per heavy atom. The molecule has 1 fully saturated rings. The molecular weight excluding hydrogens is 384 g/mol. The number of benzene rings is 1. The van der Waals surface area contributed by atoms with Crippen LogP contribution < -0.4 is 15.4 Å². The highest BCUT2D eigenvalue weighted by Crippen LogP contribution is 2.25. The molecule has 0 unspecified atom stereocenters. The molecule has 2 aromatic rings. The first kappa shape index (κ1) is 19.6. The van der Waals surface area contributed by atoms with Gasteiger partial charge in [-0.25, -0.2) is 13.4 Å². The lowest BCUT2D eigenvalue weighted by Crippen LogP contribution is -2.25.